The number of nitrogens with one attached hydrogen (secondary N) is 1. The molecule has 0 fully saturated rings. The Balaban J connectivity index is 4.70. The van der Waals surface area contributed by atoms with Gasteiger partial charge in [-0.15, -0.1) is 0 Å². The van der Waals surface area contributed by atoms with Crippen molar-refractivity contribution in [3.8, 4) is 0 Å². The average molecular weight is 189 g/mol. The molecule has 0 saturated heterocycles. The molecule has 1 heteroatoms. The Morgan fingerprint density at radius 3 is 1.86 bits per heavy atom. The van der Waals surface area contributed by atoms with E-state index in [4.69, 9.17) is 5.41 Å². The second-order valence-electron chi connectivity index (χ2n) is 3.57. The van der Waals surface area contributed by atoms with Gasteiger partial charge < -0.3 is 5.41 Å². The summed E-state index contributed by atoms with van der Waals surface area (Å²) in [7, 11) is 0. The fourth-order valence-electron chi connectivity index (χ4n) is 0.789. The van der Waals surface area contributed by atoms with Crippen LogP contribution in [0.25, 0.3) is 0 Å². The molecule has 0 aliphatic heterocycles. The lowest BCUT2D eigenvalue weighted by atomic mass is 10.0. The second-order valence-corrected chi connectivity index (χ2v) is 3.57. The minimum Gasteiger partial charge on any atom is -0.305 e. The highest BCUT2D eigenvalue weighted by atomic mass is 14.4. The van der Waals surface area contributed by atoms with Crippen molar-refractivity contribution in [2.45, 2.75) is 27.7 Å². The molecule has 0 aromatic heterocycles. The molecular weight excluding hydrogens is 170 g/mol. The third-order valence-electron chi connectivity index (χ3n) is 2.24. The predicted molar refractivity (Wildman–Crippen MR) is 64.9 cm³/mol. The number of allylic oxidation sites excluding steroid dienone is 6. The smallest absolute Gasteiger partial charge is 0.0314 e. The van der Waals surface area contributed by atoms with E-state index in [2.05, 4.69) is 13.2 Å². The highest BCUT2D eigenvalue weighted by Gasteiger charge is 1.95. The number of hydrogen-bond acceptors (Lipinski definition) is 1. The molecule has 0 bridgehead atoms. The predicted octanol–water partition coefficient (Wildman–Crippen LogP) is 4.05. The van der Waals surface area contributed by atoms with E-state index in [1.54, 1.807) is 6.92 Å². The lowest BCUT2D eigenvalue weighted by molar-refractivity contribution is 1.34. The molecule has 0 aromatic rings. The van der Waals surface area contributed by atoms with Crippen LogP contribution in [0.15, 0.2) is 47.6 Å². The molecule has 14 heavy (non-hydrogen) atoms. The van der Waals surface area contributed by atoms with Crippen LogP contribution < -0.4 is 0 Å². The van der Waals surface area contributed by atoms with E-state index in [9.17, 15) is 0 Å². The first kappa shape index (κ1) is 12.6. The normalized spacial score (nSPS) is 12.6. The molecule has 0 rings (SSSR count). The minimum atomic E-state index is 0.605. The topological polar surface area (TPSA) is 23.9 Å². The van der Waals surface area contributed by atoms with Crippen LogP contribution in [0.4, 0.5) is 0 Å². The summed E-state index contributed by atoms with van der Waals surface area (Å²) in [6, 6.07) is 0. The second kappa shape index (κ2) is 5.38. The summed E-state index contributed by atoms with van der Waals surface area (Å²) in [6.07, 6.45) is 3.91. The van der Waals surface area contributed by atoms with Gasteiger partial charge in [0.25, 0.3) is 0 Å². The molecular formula is C13H19N. The van der Waals surface area contributed by atoms with Crippen molar-refractivity contribution in [1.29, 1.82) is 5.41 Å². The van der Waals surface area contributed by atoms with Crippen molar-refractivity contribution in [3.63, 3.8) is 0 Å². The monoisotopic (exact) mass is 189 g/mol. The molecule has 0 saturated carbocycles. The van der Waals surface area contributed by atoms with Crippen LogP contribution in [0, 0.1) is 5.41 Å². The first-order valence-corrected chi connectivity index (χ1v) is 4.62. The van der Waals surface area contributed by atoms with E-state index in [0.29, 0.717) is 5.71 Å². The van der Waals surface area contributed by atoms with Gasteiger partial charge in [-0.05, 0) is 44.4 Å². The van der Waals surface area contributed by atoms with Gasteiger partial charge in [0.05, 0.1) is 0 Å². The van der Waals surface area contributed by atoms with Gasteiger partial charge in [0.15, 0.2) is 0 Å². The lowest BCUT2D eigenvalue weighted by Gasteiger charge is -2.01. The van der Waals surface area contributed by atoms with Crippen LogP contribution in [-0.2, 0) is 0 Å². The maximum atomic E-state index is 7.47. The summed E-state index contributed by atoms with van der Waals surface area (Å²) in [5.74, 6) is 0. The van der Waals surface area contributed by atoms with Crippen LogP contribution in [-0.4, -0.2) is 5.71 Å². The maximum absolute atomic E-state index is 7.47. The minimum absolute atomic E-state index is 0.605. The van der Waals surface area contributed by atoms with Gasteiger partial charge in [-0.25, -0.2) is 0 Å². The van der Waals surface area contributed by atoms with Gasteiger partial charge in [-0.3, -0.25) is 0 Å². The van der Waals surface area contributed by atoms with E-state index in [1.807, 2.05) is 32.9 Å². The van der Waals surface area contributed by atoms with E-state index in [-0.39, 0.29) is 0 Å². The SMILES string of the molecule is C=C(C)C(=C)/C=C\C(C)=C(/C)C(C)=N. The summed E-state index contributed by atoms with van der Waals surface area (Å²) in [4.78, 5) is 0. The van der Waals surface area contributed by atoms with Gasteiger partial charge >= 0.3 is 0 Å². The third-order valence-corrected chi connectivity index (χ3v) is 2.24. The molecule has 0 atom stereocenters. The Bertz CT molecular complexity index is 327. The van der Waals surface area contributed by atoms with Crippen molar-refractivity contribution in [2.75, 3.05) is 0 Å². The number of rotatable bonds is 4. The summed E-state index contributed by atoms with van der Waals surface area (Å²) in [5, 5.41) is 7.47. The largest absolute Gasteiger partial charge is 0.305 e. The molecule has 0 radical (unpaired) electrons. The Morgan fingerprint density at radius 2 is 1.50 bits per heavy atom. The summed E-state index contributed by atoms with van der Waals surface area (Å²) in [6.45, 7) is 15.3. The molecule has 1 N–H and O–H groups in total. The van der Waals surface area contributed by atoms with Crippen molar-refractivity contribution in [1.82, 2.24) is 0 Å². The molecule has 76 valence electrons. The molecule has 0 aromatic carbocycles. The van der Waals surface area contributed by atoms with Crippen molar-refractivity contribution >= 4 is 5.71 Å². The van der Waals surface area contributed by atoms with Crippen molar-refractivity contribution < 1.29 is 0 Å². The van der Waals surface area contributed by atoms with E-state index >= 15 is 0 Å². The highest BCUT2D eigenvalue weighted by Crippen LogP contribution is 2.10. The maximum Gasteiger partial charge on any atom is 0.0314 e. The van der Waals surface area contributed by atoms with E-state index in [0.717, 1.165) is 22.3 Å². The summed E-state index contributed by atoms with van der Waals surface area (Å²) in [5.41, 5.74) is 4.61. The number of hydrogen-bond donors (Lipinski definition) is 1. The molecule has 0 heterocycles. The first-order valence-electron chi connectivity index (χ1n) is 4.62. The molecule has 1 nitrogen and oxygen atoms in total. The van der Waals surface area contributed by atoms with Crippen LogP contribution in [0.1, 0.15) is 27.7 Å². The van der Waals surface area contributed by atoms with E-state index in [1.165, 1.54) is 0 Å². The zero-order valence-corrected chi connectivity index (χ0v) is 9.57. The van der Waals surface area contributed by atoms with Crippen molar-refractivity contribution in [2.24, 2.45) is 0 Å². The van der Waals surface area contributed by atoms with Crippen molar-refractivity contribution in [3.05, 3.63) is 47.6 Å². The highest BCUT2D eigenvalue weighted by molar-refractivity contribution is 5.96. The fraction of sp³-hybridized carbons (Fsp3) is 0.308. The van der Waals surface area contributed by atoms with Crippen LogP contribution >= 0.6 is 0 Å². The molecule has 0 spiro atoms. The fourth-order valence-corrected chi connectivity index (χ4v) is 0.789. The van der Waals surface area contributed by atoms with Crippen LogP contribution in [0.2, 0.25) is 0 Å². The van der Waals surface area contributed by atoms with E-state index < -0.39 is 0 Å². The summed E-state index contributed by atoms with van der Waals surface area (Å²) >= 11 is 0. The van der Waals surface area contributed by atoms with Gasteiger partial charge in [0.2, 0.25) is 0 Å². The summed E-state index contributed by atoms with van der Waals surface area (Å²) < 4.78 is 0. The van der Waals surface area contributed by atoms with Gasteiger partial charge in [0.1, 0.15) is 0 Å². The molecule has 0 aliphatic carbocycles. The Kier molecular flexibility index (Phi) is 4.85. The Morgan fingerprint density at radius 1 is 1.00 bits per heavy atom. The Labute approximate surface area is 87.0 Å². The Hall–Kier alpha value is -1.37. The van der Waals surface area contributed by atoms with Gasteiger partial charge in [0, 0.05) is 5.71 Å². The third kappa shape index (κ3) is 4.04. The first-order chi connectivity index (χ1) is 6.36. The lowest BCUT2D eigenvalue weighted by Crippen LogP contribution is -1.92. The molecule has 0 amide bonds. The quantitative estimate of drug-likeness (QED) is 0.509. The zero-order chi connectivity index (χ0) is 11.3. The van der Waals surface area contributed by atoms with Crippen LogP contribution in [0.3, 0.4) is 0 Å². The molecule has 0 unspecified atom stereocenters. The van der Waals surface area contributed by atoms with Crippen LogP contribution in [0.5, 0.6) is 0 Å². The molecule has 0 aliphatic rings. The van der Waals surface area contributed by atoms with Gasteiger partial charge in [-0.1, -0.05) is 30.9 Å². The van der Waals surface area contributed by atoms with Gasteiger partial charge in [-0.2, -0.15) is 0 Å². The standard InChI is InChI=1S/C13H19N/c1-9(2)10(3)7-8-11(4)12(5)13(6)14/h7-8,14H,1,3H2,2,4-6H3/b8-7-,12-11+,14-13?. The zero-order valence-electron chi connectivity index (χ0n) is 9.57. The average Bonchev–Trinajstić information content (AvgIpc) is 2.11.